The zero-order valence-electron chi connectivity index (χ0n) is 23.5. The molecule has 5 rings (SSSR count). The molecule has 7 nitrogen and oxygen atoms in total. The number of para-hydroxylation sites is 2. The number of nitrogens with zero attached hydrogens (tertiary/aromatic N) is 3. The molecule has 3 aromatic heterocycles. The number of halogens is 2. The minimum atomic E-state index is -0.154. The Kier molecular flexibility index (Phi) is 10.2. The molecule has 0 saturated heterocycles. The van der Waals surface area contributed by atoms with Gasteiger partial charge in [0.1, 0.15) is 0 Å². The summed E-state index contributed by atoms with van der Waals surface area (Å²) >= 11 is 11.8. The first kappa shape index (κ1) is 29.7. The van der Waals surface area contributed by atoms with Gasteiger partial charge in [0.05, 0.1) is 21.8 Å². The average Bonchev–Trinajstić information content (AvgIpc) is 3.02. The van der Waals surface area contributed by atoms with E-state index in [1.807, 2.05) is 73.1 Å². The van der Waals surface area contributed by atoms with Gasteiger partial charge in [0.2, 0.25) is 0 Å². The lowest BCUT2D eigenvalue weighted by Gasteiger charge is -2.16. The minimum absolute atomic E-state index is 0.154. The predicted molar refractivity (Wildman–Crippen MR) is 175 cm³/mol. The van der Waals surface area contributed by atoms with Crippen molar-refractivity contribution >= 4 is 56.4 Å². The number of nitrogens with one attached hydrogen (secondary N) is 2. The average molecular weight is 605 g/mol. The maximum atomic E-state index is 13.7. The van der Waals surface area contributed by atoms with Crippen LogP contribution in [0.3, 0.4) is 0 Å². The molecule has 9 heteroatoms. The van der Waals surface area contributed by atoms with Crippen molar-refractivity contribution in [1.82, 2.24) is 14.1 Å². The number of benzene rings is 2. The van der Waals surface area contributed by atoms with Gasteiger partial charge in [-0.1, -0.05) is 36.4 Å². The van der Waals surface area contributed by atoms with Gasteiger partial charge in [-0.25, -0.2) is 4.98 Å². The van der Waals surface area contributed by atoms with Gasteiger partial charge in [0.25, 0.3) is 11.1 Å². The molecule has 2 aromatic carbocycles. The molecule has 0 aliphatic heterocycles. The number of hydrogen-bond donors (Lipinski definition) is 2. The van der Waals surface area contributed by atoms with Gasteiger partial charge in [-0.3, -0.25) is 9.59 Å². The van der Waals surface area contributed by atoms with Crippen LogP contribution in [0.2, 0.25) is 0 Å². The molecule has 0 fully saturated rings. The summed E-state index contributed by atoms with van der Waals surface area (Å²) in [4.78, 5) is 32.5. The molecule has 0 radical (unpaired) electrons. The van der Waals surface area contributed by atoms with Crippen molar-refractivity contribution in [3.8, 4) is 0 Å². The molecule has 0 saturated carbocycles. The molecule has 5 aromatic rings. The fourth-order valence-corrected chi connectivity index (χ4v) is 5.48. The van der Waals surface area contributed by atoms with E-state index >= 15 is 0 Å². The van der Waals surface area contributed by atoms with Gasteiger partial charge in [-0.05, 0) is 56.0 Å². The molecular weight excluding hydrogens is 569 g/mol. The topological polar surface area (TPSA) is 80.9 Å². The standard InChI is InChI=1S/C33H35Cl2N5O2/c34-15-7-9-17-39-22-24(20-36-26-11-3-1-4-12-26)30-28(32(39)41)19-29-31(38-30)25(21-37-27-13-5-2-6-14-27)23-40(33(29)42)18-10-8-16-35/h1-6,11-14,19,22-23,36-37H,7-10,15-18,20-21H2. The Balaban J connectivity index is 1.66. The lowest BCUT2D eigenvalue weighted by Crippen LogP contribution is -2.25. The van der Waals surface area contributed by atoms with Crippen molar-refractivity contribution in [3.05, 3.63) is 111 Å². The number of pyridine rings is 3. The Morgan fingerprint density at radius 3 is 1.45 bits per heavy atom. The van der Waals surface area contributed by atoms with E-state index in [-0.39, 0.29) is 11.1 Å². The monoisotopic (exact) mass is 603 g/mol. The third-order valence-electron chi connectivity index (χ3n) is 7.32. The molecule has 0 aliphatic rings. The highest BCUT2D eigenvalue weighted by molar-refractivity contribution is 6.18. The molecule has 42 heavy (non-hydrogen) atoms. The lowest BCUT2D eigenvalue weighted by molar-refractivity contribution is 0.614. The Morgan fingerprint density at radius 2 is 1.05 bits per heavy atom. The van der Waals surface area contributed by atoms with Crippen LogP contribution in [0.5, 0.6) is 0 Å². The van der Waals surface area contributed by atoms with Crippen LogP contribution in [0.15, 0.2) is 88.7 Å². The summed E-state index contributed by atoms with van der Waals surface area (Å²) in [6.45, 7) is 2.03. The Hall–Kier alpha value is -3.81. The van der Waals surface area contributed by atoms with Crippen LogP contribution in [0.4, 0.5) is 11.4 Å². The molecule has 0 atom stereocenters. The summed E-state index contributed by atoms with van der Waals surface area (Å²) in [5, 5.41) is 7.81. The van der Waals surface area contributed by atoms with Crippen LogP contribution in [0.25, 0.3) is 21.8 Å². The third kappa shape index (κ3) is 6.97. The molecule has 2 N–H and O–H groups in total. The second kappa shape index (κ2) is 14.4. The number of unbranched alkanes of at least 4 members (excludes halogenated alkanes) is 2. The number of aromatic nitrogens is 3. The van der Waals surface area contributed by atoms with Gasteiger partial charge in [0, 0.05) is 72.8 Å². The van der Waals surface area contributed by atoms with E-state index in [9.17, 15) is 9.59 Å². The maximum absolute atomic E-state index is 13.7. The number of hydrogen-bond acceptors (Lipinski definition) is 5. The van der Waals surface area contributed by atoms with E-state index in [1.54, 1.807) is 15.2 Å². The van der Waals surface area contributed by atoms with Crippen LogP contribution in [-0.4, -0.2) is 25.9 Å². The fraction of sp³-hybridized carbons (Fsp3) is 0.303. The van der Waals surface area contributed by atoms with Gasteiger partial charge in [-0.15, -0.1) is 23.2 Å². The maximum Gasteiger partial charge on any atom is 0.260 e. The Labute approximate surface area is 255 Å². The summed E-state index contributed by atoms with van der Waals surface area (Å²) in [7, 11) is 0. The summed E-state index contributed by atoms with van der Waals surface area (Å²) in [5.74, 6) is 1.08. The van der Waals surface area contributed by atoms with Crippen LogP contribution in [-0.2, 0) is 26.2 Å². The first-order valence-electron chi connectivity index (χ1n) is 14.4. The van der Waals surface area contributed by atoms with Crippen molar-refractivity contribution in [2.75, 3.05) is 22.4 Å². The Bertz CT molecular complexity index is 1630. The van der Waals surface area contributed by atoms with Crippen LogP contribution in [0.1, 0.15) is 36.8 Å². The highest BCUT2D eigenvalue weighted by atomic mass is 35.5. The van der Waals surface area contributed by atoms with E-state index in [4.69, 9.17) is 28.2 Å². The highest BCUT2D eigenvalue weighted by Gasteiger charge is 2.17. The summed E-state index contributed by atoms with van der Waals surface area (Å²) in [5.41, 5.74) is 4.60. The van der Waals surface area contributed by atoms with E-state index < -0.39 is 0 Å². The van der Waals surface area contributed by atoms with Crippen LogP contribution >= 0.6 is 23.2 Å². The zero-order valence-corrected chi connectivity index (χ0v) is 25.0. The molecule has 0 bridgehead atoms. The predicted octanol–water partition coefficient (Wildman–Crippen LogP) is 6.97. The summed E-state index contributed by atoms with van der Waals surface area (Å²) in [6, 6.07) is 21.6. The molecule has 0 aliphatic carbocycles. The fourth-order valence-electron chi connectivity index (χ4n) is 5.10. The first-order valence-corrected chi connectivity index (χ1v) is 15.4. The van der Waals surface area contributed by atoms with E-state index in [0.717, 1.165) is 48.2 Å². The van der Waals surface area contributed by atoms with E-state index in [2.05, 4.69) is 10.6 Å². The molecule has 0 spiro atoms. The molecule has 218 valence electrons. The van der Waals surface area contributed by atoms with Gasteiger partial charge >= 0.3 is 0 Å². The van der Waals surface area contributed by atoms with E-state index in [1.165, 1.54) is 0 Å². The van der Waals surface area contributed by atoms with Crippen molar-refractivity contribution in [1.29, 1.82) is 0 Å². The Morgan fingerprint density at radius 1 is 0.619 bits per heavy atom. The van der Waals surface area contributed by atoms with Gasteiger partial charge in [-0.2, -0.15) is 0 Å². The SMILES string of the molecule is O=c1c2cc3c(=O)n(CCCCCl)cc(CNc4ccccc4)c3nc2c(CNc2ccccc2)cn1CCCCCl. The van der Waals surface area contributed by atoms with E-state index in [0.29, 0.717) is 59.7 Å². The normalized spacial score (nSPS) is 11.3. The molecule has 3 heterocycles. The quantitative estimate of drug-likeness (QED) is 0.0813. The zero-order chi connectivity index (χ0) is 29.3. The second-order valence-electron chi connectivity index (χ2n) is 10.3. The van der Waals surface area contributed by atoms with Gasteiger partial charge in [0.15, 0.2) is 0 Å². The number of aryl methyl sites for hydroxylation is 2. The van der Waals surface area contributed by atoms with Crippen molar-refractivity contribution in [2.45, 2.75) is 51.9 Å². The van der Waals surface area contributed by atoms with Crippen LogP contribution in [0, 0.1) is 0 Å². The number of alkyl halides is 2. The highest BCUT2D eigenvalue weighted by Crippen LogP contribution is 2.23. The number of rotatable bonds is 14. The summed E-state index contributed by atoms with van der Waals surface area (Å²) in [6.07, 6.45) is 6.97. The number of anilines is 2. The minimum Gasteiger partial charge on any atom is -0.381 e. The van der Waals surface area contributed by atoms with Crippen molar-refractivity contribution in [3.63, 3.8) is 0 Å². The summed E-state index contributed by atoms with van der Waals surface area (Å²) < 4.78 is 3.45. The molecule has 0 unspecified atom stereocenters. The van der Waals surface area contributed by atoms with Crippen molar-refractivity contribution in [2.24, 2.45) is 0 Å². The van der Waals surface area contributed by atoms with Crippen molar-refractivity contribution < 1.29 is 0 Å². The molecular formula is C33H35Cl2N5O2. The lowest BCUT2D eigenvalue weighted by atomic mass is 10.1. The van der Waals surface area contributed by atoms with Crippen LogP contribution < -0.4 is 21.8 Å². The second-order valence-corrected chi connectivity index (χ2v) is 11.1. The largest absolute Gasteiger partial charge is 0.381 e. The molecule has 0 amide bonds. The van der Waals surface area contributed by atoms with Gasteiger partial charge < -0.3 is 19.8 Å². The first-order chi connectivity index (χ1) is 20.6. The number of fused-ring (bicyclic) bond motifs is 2. The smallest absolute Gasteiger partial charge is 0.260 e. The third-order valence-corrected chi connectivity index (χ3v) is 7.85.